The first kappa shape index (κ1) is 10.3. The van der Waals surface area contributed by atoms with Crippen LogP contribution in [0, 0.1) is 0 Å². The molecule has 0 saturated carbocycles. The van der Waals surface area contributed by atoms with Crippen molar-refractivity contribution in [1.29, 1.82) is 0 Å². The maximum atomic E-state index is 4.09. The molecule has 0 N–H and O–H groups in total. The zero-order valence-corrected chi connectivity index (χ0v) is 8.74. The summed E-state index contributed by atoms with van der Waals surface area (Å²) < 4.78 is 0. The fourth-order valence-corrected chi connectivity index (χ4v) is 1.22. The van der Waals surface area contributed by atoms with E-state index in [1.807, 2.05) is 42.5 Å². The molecule has 16 heavy (non-hydrogen) atoms. The van der Waals surface area contributed by atoms with Crippen molar-refractivity contribution in [3.63, 3.8) is 0 Å². The van der Waals surface area contributed by atoms with Gasteiger partial charge in [-0.3, -0.25) is 4.98 Å². The summed E-state index contributed by atoms with van der Waals surface area (Å²) in [5, 5.41) is 0. The Balaban J connectivity index is 1.98. The second-order valence-electron chi connectivity index (χ2n) is 3.22. The molecule has 78 valence electrons. The molecule has 0 aliphatic heterocycles. The largest absolute Gasteiger partial charge is 0.262 e. The Hall–Kier alpha value is -2.25. The molecule has 0 saturated heterocycles. The lowest BCUT2D eigenvalue weighted by Crippen LogP contribution is -1.77. The van der Waals surface area contributed by atoms with Gasteiger partial charge in [-0.2, -0.15) is 4.99 Å². The smallest absolute Gasteiger partial charge is 0.0952 e. The van der Waals surface area contributed by atoms with Crippen molar-refractivity contribution in [2.45, 2.75) is 6.54 Å². The Labute approximate surface area is 94.2 Å². The molecule has 0 amide bonds. The number of nitrogens with zero attached hydrogens (tertiary/aromatic N) is 3. The van der Waals surface area contributed by atoms with Crippen molar-refractivity contribution < 1.29 is 0 Å². The van der Waals surface area contributed by atoms with E-state index in [-0.39, 0.29) is 0 Å². The summed E-state index contributed by atoms with van der Waals surface area (Å²) in [4.78, 5) is 12.1. The van der Waals surface area contributed by atoms with E-state index in [4.69, 9.17) is 0 Å². The number of hydrogen-bond acceptors (Lipinski definition) is 3. The van der Waals surface area contributed by atoms with Gasteiger partial charge in [0.2, 0.25) is 0 Å². The maximum absolute atomic E-state index is 4.09. The summed E-state index contributed by atoms with van der Waals surface area (Å²) in [7, 11) is 0. The van der Waals surface area contributed by atoms with E-state index < -0.39 is 0 Å². The SMILES string of the molecule is C(=NCc1ccccc1)=Nc1cccnc1. The summed E-state index contributed by atoms with van der Waals surface area (Å²) >= 11 is 0. The van der Waals surface area contributed by atoms with Crippen LogP contribution in [0.4, 0.5) is 5.69 Å². The number of rotatable bonds is 3. The van der Waals surface area contributed by atoms with E-state index >= 15 is 0 Å². The summed E-state index contributed by atoms with van der Waals surface area (Å²) in [6.45, 7) is 0.602. The van der Waals surface area contributed by atoms with Crippen LogP contribution in [-0.2, 0) is 6.54 Å². The molecular weight excluding hydrogens is 198 g/mol. The van der Waals surface area contributed by atoms with Crippen molar-refractivity contribution in [1.82, 2.24) is 4.98 Å². The molecule has 0 fully saturated rings. The molecule has 0 aliphatic carbocycles. The molecule has 0 bridgehead atoms. The predicted octanol–water partition coefficient (Wildman–Crippen LogP) is 3.09. The average molecular weight is 209 g/mol. The lowest BCUT2D eigenvalue weighted by atomic mass is 10.2. The van der Waals surface area contributed by atoms with E-state index in [0.29, 0.717) is 6.54 Å². The number of hydrogen-bond donors (Lipinski definition) is 0. The van der Waals surface area contributed by atoms with Gasteiger partial charge >= 0.3 is 0 Å². The summed E-state index contributed by atoms with van der Waals surface area (Å²) in [6.07, 6.45) is 3.38. The predicted molar refractivity (Wildman–Crippen MR) is 63.9 cm³/mol. The monoisotopic (exact) mass is 209 g/mol. The molecule has 0 radical (unpaired) electrons. The Morgan fingerprint density at radius 1 is 1.06 bits per heavy atom. The standard InChI is InChI=1S/C13H11N3/c1-2-5-12(6-3-1)9-15-11-16-13-7-4-8-14-10-13/h1-8,10H,9H2. The summed E-state index contributed by atoms with van der Waals surface area (Å²) in [5.41, 5.74) is 1.91. The van der Waals surface area contributed by atoms with Crippen LogP contribution in [0.1, 0.15) is 5.56 Å². The Bertz CT molecular complexity index is 485. The summed E-state index contributed by atoms with van der Waals surface area (Å²) in [5.74, 6) is 0. The molecule has 2 rings (SSSR count). The van der Waals surface area contributed by atoms with Crippen LogP contribution in [0.5, 0.6) is 0 Å². The van der Waals surface area contributed by atoms with Crippen molar-refractivity contribution >= 4 is 11.7 Å². The molecule has 0 atom stereocenters. The zero-order valence-electron chi connectivity index (χ0n) is 8.74. The van der Waals surface area contributed by atoms with Gasteiger partial charge in [-0.05, 0) is 17.7 Å². The van der Waals surface area contributed by atoms with Crippen LogP contribution in [0.3, 0.4) is 0 Å². The van der Waals surface area contributed by atoms with Gasteiger partial charge in [0.25, 0.3) is 0 Å². The quantitative estimate of drug-likeness (QED) is 0.716. The first-order valence-corrected chi connectivity index (χ1v) is 5.01. The van der Waals surface area contributed by atoms with Gasteiger partial charge in [0, 0.05) is 6.20 Å². The molecule has 1 heterocycles. The van der Waals surface area contributed by atoms with Crippen LogP contribution in [0.25, 0.3) is 0 Å². The van der Waals surface area contributed by atoms with Gasteiger partial charge in [0.15, 0.2) is 0 Å². The molecule has 2 aromatic rings. The lowest BCUT2D eigenvalue weighted by molar-refractivity contribution is 1.08. The van der Waals surface area contributed by atoms with Crippen LogP contribution in [-0.4, -0.2) is 11.0 Å². The second kappa shape index (κ2) is 5.59. The minimum atomic E-state index is 0.602. The maximum Gasteiger partial charge on any atom is 0.0952 e. The Morgan fingerprint density at radius 2 is 1.94 bits per heavy atom. The van der Waals surface area contributed by atoms with E-state index in [0.717, 1.165) is 11.3 Å². The van der Waals surface area contributed by atoms with Crippen LogP contribution >= 0.6 is 0 Å². The van der Waals surface area contributed by atoms with Crippen LogP contribution < -0.4 is 0 Å². The number of aromatic nitrogens is 1. The third kappa shape index (κ3) is 3.15. The average Bonchev–Trinajstić information content (AvgIpc) is 2.37. The van der Waals surface area contributed by atoms with Gasteiger partial charge in [-0.15, -0.1) is 0 Å². The van der Waals surface area contributed by atoms with Gasteiger partial charge in [-0.25, -0.2) is 4.99 Å². The number of pyridine rings is 1. The van der Waals surface area contributed by atoms with Gasteiger partial charge in [0.1, 0.15) is 0 Å². The highest BCUT2D eigenvalue weighted by Gasteiger charge is 1.86. The van der Waals surface area contributed by atoms with Crippen molar-refractivity contribution in [2.75, 3.05) is 0 Å². The third-order valence-electron chi connectivity index (χ3n) is 2.00. The third-order valence-corrected chi connectivity index (χ3v) is 2.00. The van der Waals surface area contributed by atoms with Crippen LogP contribution in [0.15, 0.2) is 64.8 Å². The van der Waals surface area contributed by atoms with Crippen molar-refractivity contribution in [3.8, 4) is 0 Å². The molecule has 0 spiro atoms. The highest BCUT2D eigenvalue weighted by Crippen LogP contribution is 2.05. The van der Waals surface area contributed by atoms with E-state index in [1.165, 1.54) is 0 Å². The fraction of sp³-hybridized carbons (Fsp3) is 0.0769. The van der Waals surface area contributed by atoms with Crippen molar-refractivity contribution in [3.05, 3.63) is 60.4 Å². The summed E-state index contributed by atoms with van der Waals surface area (Å²) in [6, 6.07) is 16.4. The molecule has 1 aromatic heterocycles. The minimum Gasteiger partial charge on any atom is -0.262 e. The molecular formula is C13H11N3. The highest BCUT2D eigenvalue weighted by atomic mass is 14.8. The Morgan fingerprint density at radius 3 is 2.69 bits per heavy atom. The van der Waals surface area contributed by atoms with Gasteiger partial charge in [0.05, 0.1) is 24.4 Å². The normalized spacial score (nSPS) is 9.25. The second-order valence-corrected chi connectivity index (χ2v) is 3.22. The Kier molecular flexibility index (Phi) is 3.59. The lowest BCUT2D eigenvalue weighted by Gasteiger charge is -1.91. The van der Waals surface area contributed by atoms with Crippen LogP contribution in [0.2, 0.25) is 0 Å². The first-order valence-electron chi connectivity index (χ1n) is 5.01. The fourth-order valence-electron chi connectivity index (χ4n) is 1.22. The molecule has 1 aromatic carbocycles. The zero-order chi connectivity index (χ0) is 11.1. The van der Waals surface area contributed by atoms with Crippen molar-refractivity contribution in [2.24, 2.45) is 9.98 Å². The first-order chi connectivity index (χ1) is 7.95. The molecule has 3 heteroatoms. The molecule has 3 nitrogen and oxygen atoms in total. The van der Waals surface area contributed by atoms with E-state index in [9.17, 15) is 0 Å². The van der Waals surface area contributed by atoms with E-state index in [1.54, 1.807) is 12.4 Å². The van der Waals surface area contributed by atoms with Gasteiger partial charge in [-0.1, -0.05) is 30.3 Å². The number of benzene rings is 1. The van der Waals surface area contributed by atoms with E-state index in [2.05, 4.69) is 21.0 Å². The molecule has 0 unspecified atom stereocenters. The minimum absolute atomic E-state index is 0.602. The molecule has 0 aliphatic rings. The highest BCUT2D eigenvalue weighted by molar-refractivity contribution is 5.51. The number of aliphatic imine (C=N–C) groups is 2. The van der Waals surface area contributed by atoms with Gasteiger partial charge < -0.3 is 0 Å². The topological polar surface area (TPSA) is 37.6 Å².